The minimum atomic E-state index is 0.131. The Labute approximate surface area is 159 Å². The average Bonchev–Trinajstić information content (AvgIpc) is 3.10. The van der Waals surface area contributed by atoms with Crippen LogP contribution in [0.5, 0.6) is 5.75 Å². The minimum absolute atomic E-state index is 0.131. The van der Waals surface area contributed by atoms with Crippen LogP contribution in [-0.4, -0.2) is 36.0 Å². The van der Waals surface area contributed by atoms with Crippen molar-refractivity contribution in [3.05, 3.63) is 51.2 Å². The van der Waals surface area contributed by atoms with E-state index in [1.807, 2.05) is 30.5 Å². The Morgan fingerprint density at radius 3 is 2.72 bits per heavy atom. The predicted octanol–water partition coefficient (Wildman–Crippen LogP) is 3.93. The molecule has 1 aromatic carbocycles. The molecule has 6 heteroatoms. The molecule has 0 atom stereocenters. The number of hydrogen-bond acceptors (Lipinski definition) is 4. The van der Waals surface area contributed by atoms with Gasteiger partial charge in [-0.1, -0.05) is 19.1 Å². The number of hydrogen-bond donors (Lipinski definition) is 1. The van der Waals surface area contributed by atoms with Gasteiger partial charge in [-0.05, 0) is 80.3 Å². The molecule has 0 fully saturated rings. The Morgan fingerprint density at radius 1 is 1.32 bits per heavy atom. The molecule has 0 aliphatic heterocycles. The van der Waals surface area contributed by atoms with Crippen LogP contribution in [0.4, 0.5) is 0 Å². The molecule has 0 radical (unpaired) electrons. The average molecular weight is 376 g/mol. The maximum Gasteiger partial charge on any atom is 0.290 e. The highest BCUT2D eigenvalue weighted by Crippen LogP contribution is 2.24. The molecule has 1 aromatic heterocycles. The van der Waals surface area contributed by atoms with E-state index in [4.69, 9.17) is 22.7 Å². The maximum absolute atomic E-state index is 5.96. The molecule has 134 valence electrons. The molecule has 0 amide bonds. The van der Waals surface area contributed by atoms with Crippen molar-refractivity contribution in [1.82, 2.24) is 4.90 Å². The topological polar surface area (TPSA) is 50.8 Å². The third-order valence-electron chi connectivity index (χ3n) is 4.12. The van der Waals surface area contributed by atoms with Crippen LogP contribution in [0.1, 0.15) is 28.5 Å². The first-order valence-electron chi connectivity index (χ1n) is 8.29. The molecule has 0 saturated heterocycles. The van der Waals surface area contributed by atoms with Crippen molar-refractivity contribution >= 4 is 34.6 Å². The van der Waals surface area contributed by atoms with Gasteiger partial charge in [0.15, 0.2) is 0 Å². The van der Waals surface area contributed by atoms with E-state index >= 15 is 0 Å². The summed E-state index contributed by atoms with van der Waals surface area (Å²) in [4.78, 5) is 7.37. The van der Waals surface area contributed by atoms with Crippen molar-refractivity contribution in [1.29, 1.82) is 0 Å². The smallest absolute Gasteiger partial charge is 0.290 e. The van der Waals surface area contributed by atoms with Crippen molar-refractivity contribution in [2.75, 3.05) is 20.1 Å². The molecule has 0 spiro atoms. The molecule has 0 bridgehead atoms. The van der Waals surface area contributed by atoms with Gasteiger partial charge in [0.1, 0.15) is 11.6 Å². The lowest BCUT2D eigenvalue weighted by molar-refractivity contribution is 0.357. The first kappa shape index (κ1) is 19.6. The zero-order valence-corrected chi connectivity index (χ0v) is 16.8. The second kappa shape index (κ2) is 9.08. The number of benzene rings is 1. The lowest BCUT2D eigenvalue weighted by Gasteiger charge is -2.16. The van der Waals surface area contributed by atoms with Crippen molar-refractivity contribution in [3.8, 4) is 5.75 Å². The second-order valence-electron chi connectivity index (χ2n) is 6.03. The van der Waals surface area contributed by atoms with Gasteiger partial charge >= 0.3 is 0 Å². The van der Waals surface area contributed by atoms with Gasteiger partial charge in [0.25, 0.3) is 5.17 Å². The standard InChI is InChI=1S/C19H25N3OS2/c1-5-22(4)9-8-15-11-14(3)16(12-13(15)2)23-19(24)21-18(20)17-7-6-10-25-17/h6-7,10-12H,5,8-9H2,1-4H3,(H2,20,21,24). The van der Waals surface area contributed by atoms with Gasteiger partial charge in [-0.2, -0.15) is 4.99 Å². The molecule has 0 saturated carbocycles. The Bertz CT molecular complexity index is 754. The summed E-state index contributed by atoms with van der Waals surface area (Å²) in [5.41, 5.74) is 9.53. The van der Waals surface area contributed by atoms with E-state index in [1.165, 1.54) is 22.5 Å². The third kappa shape index (κ3) is 5.63. The van der Waals surface area contributed by atoms with Gasteiger partial charge in [-0.25, -0.2) is 0 Å². The number of thiophene rings is 1. The van der Waals surface area contributed by atoms with Crippen molar-refractivity contribution in [2.24, 2.45) is 10.7 Å². The number of nitrogens with two attached hydrogens (primary N) is 1. The number of aryl methyl sites for hydroxylation is 2. The van der Waals surface area contributed by atoms with E-state index < -0.39 is 0 Å². The summed E-state index contributed by atoms with van der Waals surface area (Å²) in [5.74, 6) is 1.12. The predicted molar refractivity (Wildman–Crippen MR) is 111 cm³/mol. The van der Waals surface area contributed by atoms with Crippen molar-refractivity contribution in [2.45, 2.75) is 27.2 Å². The molecule has 4 nitrogen and oxygen atoms in total. The Balaban J connectivity index is 2.08. The normalized spacial score (nSPS) is 11.8. The van der Waals surface area contributed by atoms with Crippen molar-refractivity contribution < 1.29 is 4.74 Å². The number of likely N-dealkylation sites (N-methyl/N-ethyl adjacent to an activating group) is 1. The molecular formula is C19H25N3OS2. The fourth-order valence-corrected chi connectivity index (χ4v) is 3.21. The van der Waals surface area contributed by atoms with Crippen LogP contribution in [0, 0.1) is 13.8 Å². The highest BCUT2D eigenvalue weighted by Gasteiger charge is 2.09. The van der Waals surface area contributed by atoms with Crippen LogP contribution in [0.3, 0.4) is 0 Å². The minimum Gasteiger partial charge on any atom is -0.430 e. The monoisotopic (exact) mass is 375 g/mol. The third-order valence-corrected chi connectivity index (χ3v) is 5.19. The molecule has 1 heterocycles. The molecule has 2 aromatic rings. The van der Waals surface area contributed by atoms with Crippen LogP contribution in [0.25, 0.3) is 0 Å². The van der Waals surface area contributed by atoms with Crippen molar-refractivity contribution in [3.63, 3.8) is 0 Å². The molecule has 0 aliphatic rings. The van der Waals surface area contributed by atoms with E-state index in [0.29, 0.717) is 5.84 Å². The number of thiocarbonyl (C=S) groups is 1. The lowest BCUT2D eigenvalue weighted by Crippen LogP contribution is -2.20. The zero-order chi connectivity index (χ0) is 18.4. The van der Waals surface area contributed by atoms with Gasteiger partial charge in [0.05, 0.1) is 4.88 Å². The van der Waals surface area contributed by atoms with Crippen LogP contribution in [0.2, 0.25) is 0 Å². The van der Waals surface area contributed by atoms with Gasteiger partial charge in [0.2, 0.25) is 0 Å². The first-order valence-corrected chi connectivity index (χ1v) is 9.58. The maximum atomic E-state index is 5.96. The highest BCUT2D eigenvalue weighted by molar-refractivity contribution is 7.80. The summed E-state index contributed by atoms with van der Waals surface area (Å²) in [7, 11) is 2.13. The molecular weight excluding hydrogens is 350 g/mol. The quantitative estimate of drug-likeness (QED) is 0.472. The van der Waals surface area contributed by atoms with Crippen LogP contribution < -0.4 is 10.5 Å². The first-order chi connectivity index (χ1) is 11.9. The fourth-order valence-electron chi connectivity index (χ4n) is 2.39. The Hall–Kier alpha value is -1.76. The number of ether oxygens (including phenoxy) is 1. The van der Waals surface area contributed by atoms with E-state index in [-0.39, 0.29) is 5.17 Å². The number of nitrogens with zero attached hydrogens (tertiary/aromatic N) is 2. The summed E-state index contributed by atoms with van der Waals surface area (Å²) in [6.45, 7) is 8.38. The Kier molecular flexibility index (Phi) is 7.11. The number of rotatable bonds is 6. The molecule has 2 rings (SSSR count). The summed E-state index contributed by atoms with van der Waals surface area (Å²) < 4.78 is 5.75. The fraction of sp³-hybridized carbons (Fsp3) is 0.368. The molecule has 2 N–H and O–H groups in total. The van der Waals surface area contributed by atoms with Gasteiger partial charge in [0, 0.05) is 6.54 Å². The van der Waals surface area contributed by atoms with E-state index in [0.717, 1.165) is 35.7 Å². The zero-order valence-electron chi connectivity index (χ0n) is 15.2. The highest BCUT2D eigenvalue weighted by atomic mass is 32.1. The van der Waals surface area contributed by atoms with Crippen LogP contribution in [0.15, 0.2) is 34.6 Å². The van der Waals surface area contributed by atoms with E-state index in [1.54, 1.807) is 0 Å². The second-order valence-corrected chi connectivity index (χ2v) is 7.33. The SMILES string of the molecule is CCN(C)CCc1cc(C)c(OC(=S)N=C(N)c2cccs2)cc1C. The van der Waals surface area contributed by atoms with Gasteiger partial charge in [-0.15, -0.1) is 11.3 Å². The van der Waals surface area contributed by atoms with E-state index in [2.05, 4.69) is 36.9 Å². The lowest BCUT2D eigenvalue weighted by atomic mass is 10.0. The van der Waals surface area contributed by atoms with Gasteiger partial charge in [-0.3, -0.25) is 0 Å². The van der Waals surface area contributed by atoms with E-state index in [9.17, 15) is 0 Å². The summed E-state index contributed by atoms with van der Waals surface area (Å²) >= 11 is 6.75. The molecule has 0 unspecified atom stereocenters. The summed E-state index contributed by atoms with van der Waals surface area (Å²) in [5, 5.41) is 2.08. The largest absolute Gasteiger partial charge is 0.430 e. The summed E-state index contributed by atoms with van der Waals surface area (Å²) in [6, 6.07) is 8.03. The molecule has 25 heavy (non-hydrogen) atoms. The van der Waals surface area contributed by atoms with Gasteiger partial charge < -0.3 is 15.4 Å². The molecule has 0 aliphatic carbocycles. The number of aliphatic imine (C=N–C) groups is 1. The van der Waals surface area contributed by atoms with Crippen LogP contribution >= 0.6 is 23.6 Å². The number of amidine groups is 1. The summed E-state index contributed by atoms with van der Waals surface area (Å²) in [6.07, 6.45) is 1.02. The Morgan fingerprint density at radius 2 is 2.08 bits per heavy atom. The van der Waals surface area contributed by atoms with Crippen LogP contribution in [-0.2, 0) is 6.42 Å².